The number of nitrogens with zero attached hydrogens (tertiary/aromatic N) is 2. The van der Waals surface area contributed by atoms with E-state index in [0.717, 1.165) is 6.29 Å². The van der Waals surface area contributed by atoms with E-state index in [9.17, 15) is 14.0 Å². The number of hydrogen-bond acceptors (Lipinski definition) is 7. The molecule has 1 aromatic carbocycles. The maximum absolute atomic E-state index is 14.5. The van der Waals surface area contributed by atoms with E-state index in [1.165, 1.54) is 13.2 Å². The van der Waals surface area contributed by atoms with Crippen molar-refractivity contribution in [3.63, 3.8) is 0 Å². The van der Waals surface area contributed by atoms with E-state index in [0.29, 0.717) is 23.3 Å². The largest absolute Gasteiger partial charge is 0.466 e. The fourth-order valence-electron chi connectivity index (χ4n) is 2.14. The Morgan fingerprint density at radius 3 is 2.68 bits per heavy atom. The van der Waals surface area contributed by atoms with Crippen LogP contribution in [0, 0.1) is 5.82 Å². The predicted octanol–water partition coefficient (Wildman–Crippen LogP) is 2.27. The van der Waals surface area contributed by atoms with Crippen LogP contribution in [0.15, 0.2) is 12.1 Å². The lowest BCUT2D eigenvalue weighted by Crippen LogP contribution is -2.32. The third-order valence-corrected chi connectivity index (χ3v) is 3.40. The summed E-state index contributed by atoms with van der Waals surface area (Å²) in [6.07, 6.45) is 1.20. The molecule has 0 aliphatic carbocycles. The topological polar surface area (TPSA) is 90.4 Å². The number of halogens is 1. The minimum atomic E-state index is -0.878. The average molecular weight is 349 g/mol. The zero-order chi connectivity index (χ0) is 18.6. The Balaban J connectivity index is 2.53. The molecule has 0 unspecified atom stereocenters. The Kier molecular flexibility index (Phi) is 5.51. The fraction of sp³-hybridized carbons (Fsp3) is 0.412. The Hall–Kier alpha value is -2.77. The number of methoxy groups -OCH3 is 1. The molecule has 0 aliphatic rings. The van der Waals surface area contributed by atoms with E-state index in [4.69, 9.17) is 4.74 Å². The molecular formula is C17H20FN3O4. The number of hydrogen-bond donors (Lipinski definition) is 1. The molecule has 8 heteroatoms. The Morgan fingerprint density at radius 1 is 1.36 bits per heavy atom. The minimum absolute atomic E-state index is 0.0821. The number of nitrogens with one attached hydrogen (secondary N) is 1. The highest BCUT2D eigenvalue weighted by molar-refractivity contribution is 5.88. The molecular weight excluding hydrogens is 329 g/mol. The molecule has 0 amide bonds. The van der Waals surface area contributed by atoms with Crippen molar-refractivity contribution in [1.29, 1.82) is 0 Å². The van der Waals surface area contributed by atoms with Crippen molar-refractivity contribution in [1.82, 2.24) is 9.97 Å². The highest BCUT2D eigenvalue weighted by atomic mass is 19.1. The van der Waals surface area contributed by atoms with Crippen LogP contribution in [-0.4, -0.2) is 41.5 Å². The molecule has 1 heterocycles. The molecule has 0 bridgehead atoms. The van der Waals surface area contributed by atoms with Gasteiger partial charge in [-0.2, -0.15) is 4.98 Å². The third kappa shape index (κ3) is 4.40. The number of aldehydes is 1. The zero-order valence-corrected chi connectivity index (χ0v) is 14.6. The van der Waals surface area contributed by atoms with E-state index < -0.39 is 17.3 Å². The normalized spacial score (nSPS) is 11.2. The summed E-state index contributed by atoms with van der Waals surface area (Å²) in [5.41, 5.74) is -0.420. The monoisotopic (exact) mass is 349 g/mol. The van der Waals surface area contributed by atoms with Crippen molar-refractivity contribution in [2.45, 2.75) is 32.7 Å². The third-order valence-electron chi connectivity index (χ3n) is 3.40. The molecule has 0 spiro atoms. The van der Waals surface area contributed by atoms with Crippen LogP contribution < -0.4 is 10.1 Å². The second-order valence-corrected chi connectivity index (χ2v) is 5.98. The smallest absolute Gasteiger partial charge is 0.343 e. The van der Waals surface area contributed by atoms with Gasteiger partial charge in [-0.1, -0.05) is 6.92 Å². The van der Waals surface area contributed by atoms with Gasteiger partial charge < -0.3 is 19.6 Å². The molecule has 134 valence electrons. The van der Waals surface area contributed by atoms with Crippen LogP contribution in [0.2, 0.25) is 0 Å². The summed E-state index contributed by atoms with van der Waals surface area (Å²) in [5, 5.41) is 3.22. The van der Waals surface area contributed by atoms with E-state index >= 15 is 0 Å². The lowest BCUT2D eigenvalue weighted by atomic mass is 10.1. The summed E-state index contributed by atoms with van der Waals surface area (Å²) in [7, 11) is 1.24. The number of carbonyl (C=O) groups excluding carboxylic acids is 2. The van der Waals surface area contributed by atoms with E-state index in [1.807, 2.05) is 6.92 Å². The van der Waals surface area contributed by atoms with Gasteiger partial charge in [-0.25, -0.2) is 14.2 Å². The molecule has 25 heavy (non-hydrogen) atoms. The van der Waals surface area contributed by atoms with Crippen molar-refractivity contribution in [3.05, 3.63) is 23.8 Å². The van der Waals surface area contributed by atoms with Gasteiger partial charge in [-0.15, -0.1) is 0 Å². The number of fused-ring (bicyclic) bond motifs is 1. The molecule has 1 aromatic heterocycles. The summed E-state index contributed by atoms with van der Waals surface area (Å²) in [4.78, 5) is 30.8. The van der Waals surface area contributed by atoms with Crippen molar-refractivity contribution < 1.29 is 23.5 Å². The van der Waals surface area contributed by atoms with Crippen LogP contribution in [-0.2, 0) is 20.7 Å². The Labute approximate surface area is 144 Å². The molecule has 0 radical (unpaired) electrons. The molecule has 0 saturated heterocycles. The van der Waals surface area contributed by atoms with Crippen LogP contribution in [0.5, 0.6) is 5.88 Å². The molecule has 1 N–H and O–H groups in total. The van der Waals surface area contributed by atoms with E-state index in [1.54, 1.807) is 19.9 Å². The van der Waals surface area contributed by atoms with Crippen LogP contribution >= 0.6 is 0 Å². The number of aryl methyl sites for hydroxylation is 1. The average Bonchev–Trinajstić information content (AvgIpc) is 2.59. The lowest BCUT2D eigenvalue weighted by Gasteiger charge is -2.21. The SMILES string of the molecule is CCc1nc(OCC(=O)OC)c2cc(NC(C)(C)C=O)cc(F)c2n1. The molecule has 0 atom stereocenters. The summed E-state index contributed by atoms with van der Waals surface area (Å²) >= 11 is 0. The van der Waals surface area contributed by atoms with Crippen molar-refractivity contribution in [3.8, 4) is 5.88 Å². The zero-order valence-electron chi connectivity index (χ0n) is 14.6. The molecule has 0 aliphatic heterocycles. The van der Waals surface area contributed by atoms with Crippen LogP contribution in [0.1, 0.15) is 26.6 Å². The summed E-state index contributed by atoms with van der Waals surface area (Å²) in [6.45, 7) is 4.79. The summed E-state index contributed by atoms with van der Waals surface area (Å²) in [5.74, 6) is -0.692. The van der Waals surface area contributed by atoms with Gasteiger partial charge in [-0.05, 0) is 26.0 Å². The van der Waals surface area contributed by atoms with Gasteiger partial charge in [-0.3, -0.25) is 0 Å². The highest BCUT2D eigenvalue weighted by Gasteiger charge is 2.19. The molecule has 0 fully saturated rings. The second kappa shape index (κ2) is 7.42. The summed E-state index contributed by atoms with van der Waals surface area (Å²) < 4.78 is 24.4. The minimum Gasteiger partial charge on any atom is -0.466 e. The van der Waals surface area contributed by atoms with Gasteiger partial charge in [0.25, 0.3) is 0 Å². The first-order valence-electron chi connectivity index (χ1n) is 7.74. The first-order valence-corrected chi connectivity index (χ1v) is 7.74. The predicted molar refractivity (Wildman–Crippen MR) is 90.2 cm³/mol. The van der Waals surface area contributed by atoms with Crippen molar-refractivity contribution in [2.24, 2.45) is 0 Å². The fourth-order valence-corrected chi connectivity index (χ4v) is 2.14. The van der Waals surface area contributed by atoms with Gasteiger partial charge >= 0.3 is 5.97 Å². The molecule has 0 saturated carbocycles. The standard InChI is InChI=1S/C17H20FN3O4/c1-5-13-19-15-11(16(20-13)25-8-14(23)24-4)6-10(7-12(15)18)21-17(2,3)9-22/h6-7,9,21H,5,8H2,1-4H3. The van der Waals surface area contributed by atoms with Crippen LogP contribution in [0.4, 0.5) is 10.1 Å². The van der Waals surface area contributed by atoms with Gasteiger partial charge in [0.15, 0.2) is 12.4 Å². The van der Waals surface area contributed by atoms with Crippen LogP contribution in [0.3, 0.4) is 0 Å². The number of aromatic nitrogens is 2. The molecule has 7 nitrogen and oxygen atoms in total. The maximum atomic E-state index is 14.5. The van der Waals surface area contributed by atoms with E-state index in [-0.39, 0.29) is 18.0 Å². The van der Waals surface area contributed by atoms with Crippen LogP contribution in [0.25, 0.3) is 10.9 Å². The first kappa shape index (κ1) is 18.6. The summed E-state index contributed by atoms with van der Waals surface area (Å²) in [6, 6.07) is 2.83. The maximum Gasteiger partial charge on any atom is 0.343 e. The number of benzene rings is 1. The molecule has 2 aromatic rings. The number of carbonyl (C=O) groups is 2. The number of rotatable bonds is 7. The molecule has 2 rings (SSSR count). The Morgan fingerprint density at radius 2 is 2.08 bits per heavy atom. The highest BCUT2D eigenvalue weighted by Crippen LogP contribution is 2.29. The van der Waals surface area contributed by atoms with Gasteiger partial charge in [0.2, 0.25) is 5.88 Å². The van der Waals surface area contributed by atoms with Crippen molar-refractivity contribution >= 4 is 28.8 Å². The van der Waals surface area contributed by atoms with Gasteiger partial charge in [0.05, 0.1) is 18.0 Å². The second-order valence-electron chi connectivity index (χ2n) is 5.98. The number of esters is 1. The Bertz CT molecular complexity index is 808. The first-order chi connectivity index (χ1) is 11.8. The lowest BCUT2D eigenvalue weighted by molar-refractivity contribution is -0.143. The van der Waals surface area contributed by atoms with Gasteiger partial charge in [0.1, 0.15) is 17.6 Å². The van der Waals surface area contributed by atoms with E-state index in [2.05, 4.69) is 20.0 Å². The van der Waals surface area contributed by atoms with Gasteiger partial charge in [0, 0.05) is 12.1 Å². The van der Waals surface area contributed by atoms with Crippen molar-refractivity contribution in [2.75, 3.05) is 19.0 Å². The number of ether oxygens (including phenoxy) is 2. The number of anilines is 1. The quantitative estimate of drug-likeness (QED) is 0.606.